The van der Waals surface area contributed by atoms with Gasteiger partial charge in [-0.3, -0.25) is 14.2 Å². The molecule has 0 unspecified atom stereocenters. The largest absolute Gasteiger partial charge is 0.627 e. The molecule has 8 nitrogen and oxygen atoms in total. The van der Waals surface area contributed by atoms with Crippen molar-refractivity contribution >= 4 is 51.4 Å². The van der Waals surface area contributed by atoms with Gasteiger partial charge in [-0.15, -0.1) is 0 Å². The Hall–Kier alpha value is -3.47. The smallest absolute Gasteiger partial charge is 0.315 e. The van der Waals surface area contributed by atoms with Crippen LogP contribution >= 0.6 is 23.2 Å². The molecule has 0 saturated carbocycles. The first-order valence-corrected chi connectivity index (χ1v) is 12.6. The summed E-state index contributed by atoms with van der Waals surface area (Å²) in [4.78, 5) is 30.0. The summed E-state index contributed by atoms with van der Waals surface area (Å²) in [6.45, 7) is 1.28. The second kappa shape index (κ2) is 10.7. The number of aromatic nitrogens is 1. The van der Waals surface area contributed by atoms with E-state index in [2.05, 4.69) is 0 Å². The van der Waals surface area contributed by atoms with Crippen LogP contribution in [0.2, 0.25) is 10.0 Å². The number of piperazine rings is 1. The number of rotatable bonds is 5. The van der Waals surface area contributed by atoms with E-state index in [0.717, 1.165) is 0 Å². The molecule has 1 aliphatic rings. The van der Waals surface area contributed by atoms with Gasteiger partial charge < -0.3 is 25.4 Å². The van der Waals surface area contributed by atoms with Crippen LogP contribution in [-0.2, 0) is 6.54 Å². The molecule has 0 atom stereocenters. The van der Waals surface area contributed by atoms with Gasteiger partial charge in [0.25, 0.3) is 5.91 Å². The molecule has 0 aliphatic carbocycles. The number of amides is 1. The maximum atomic E-state index is 13.5. The fourth-order valence-corrected chi connectivity index (χ4v) is 5.07. The van der Waals surface area contributed by atoms with Crippen molar-refractivity contribution in [3.63, 3.8) is 0 Å². The van der Waals surface area contributed by atoms with E-state index in [1.54, 1.807) is 58.3 Å². The number of hydrogen-bond acceptors (Lipinski definition) is 5. The number of nitrogens with zero attached hydrogens (tertiary/aromatic N) is 3. The van der Waals surface area contributed by atoms with Gasteiger partial charge in [0.15, 0.2) is 0 Å². The van der Waals surface area contributed by atoms with Crippen LogP contribution in [0.3, 0.4) is 0 Å². The molecule has 1 aromatic heterocycles. The molecule has 1 aliphatic heterocycles. The zero-order valence-electron chi connectivity index (χ0n) is 20.0. The topological polar surface area (TPSA) is 96.1 Å². The third-order valence-corrected chi connectivity index (χ3v) is 7.39. The lowest BCUT2D eigenvalue weighted by molar-refractivity contribution is -0.715. The molecule has 3 aromatic carbocycles. The summed E-state index contributed by atoms with van der Waals surface area (Å²) >= 11 is 12.0. The highest BCUT2D eigenvalue weighted by Gasteiger charge is 2.29. The van der Waals surface area contributed by atoms with Crippen molar-refractivity contribution in [1.29, 1.82) is 0 Å². The van der Waals surface area contributed by atoms with E-state index in [-0.39, 0.29) is 23.2 Å². The van der Waals surface area contributed by atoms with Crippen LogP contribution < -0.4 is 15.7 Å². The predicted octanol–water partition coefficient (Wildman–Crippen LogP) is 3.97. The van der Waals surface area contributed by atoms with Gasteiger partial charge >= 0.3 is 5.56 Å². The lowest BCUT2D eigenvalue weighted by Crippen LogP contribution is -2.97. The summed E-state index contributed by atoms with van der Waals surface area (Å²) in [5, 5.41) is 24.2. The Bertz CT molecular complexity index is 1570. The highest BCUT2D eigenvalue weighted by molar-refractivity contribution is 6.42. The molecular formula is C27H22Cl2FN4O4-. The molecule has 4 aromatic rings. The van der Waals surface area contributed by atoms with Crippen molar-refractivity contribution in [2.45, 2.75) is 6.54 Å². The number of nitrogens with one attached hydrogen (secondary N) is 1. The van der Waals surface area contributed by atoms with Gasteiger partial charge in [0.1, 0.15) is 11.5 Å². The van der Waals surface area contributed by atoms with E-state index in [4.69, 9.17) is 23.2 Å². The minimum absolute atomic E-state index is 0.0616. The average molecular weight is 556 g/mol. The first-order chi connectivity index (χ1) is 18.2. The van der Waals surface area contributed by atoms with Crippen molar-refractivity contribution in [2.75, 3.05) is 31.1 Å². The maximum absolute atomic E-state index is 13.5. The van der Waals surface area contributed by atoms with Crippen molar-refractivity contribution in [2.24, 2.45) is 0 Å². The summed E-state index contributed by atoms with van der Waals surface area (Å²) in [5.41, 5.74) is 0.688. The quantitative estimate of drug-likeness (QED) is 0.376. The number of para-hydroxylation sites is 1. The van der Waals surface area contributed by atoms with E-state index in [9.17, 15) is 24.4 Å². The Morgan fingerprint density at radius 3 is 2.26 bits per heavy atom. The molecule has 1 amide bonds. The zero-order chi connectivity index (χ0) is 27.0. The Labute approximate surface area is 227 Å². The van der Waals surface area contributed by atoms with E-state index in [0.29, 0.717) is 53.2 Å². The van der Waals surface area contributed by atoms with Crippen molar-refractivity contribution < 1.29 is 14.4 Å². The van der Waals surface area contributed by atoms with Crippen molar-refractivity contribution in [1.82, 2.24) is 9.47 Å². The second-order valence-corrected chi connectivity index (χ2v) is 9.77. The Morgan fingerprint density at radius 2 is 1.61 bits per heavy atom. The molecule has 2 heterocycles. The molecule has 0 bridgehead atoms. The first-order valence-electron chi connectivity index (χ1n) is 11.8. The van der Waals surface area contributed by atoms with E-state index in [1.165, 1.54) is 22.8 Å². The highest BCUT2D eigenvalue weighted by Crippen LogP contribution is 2.32. The van der Waals surface area contributed by atoms with Crippen LogP contribution in [0.25, 0.3) is 10.9 Å². The SMILES string of the molecule is O=C(c1ccc(Cl)c(Cl)c1)N1CCN(c2c([NH+]([O-])[O-])c(=O)n(Cc3ccc(F)cc3)c3ccccc23)CC1. The van der Waals surface area contributed by atoms with Gasteiger partial charge in [0, 0.05) is 37.1 Å². The predicted molar refractivity (Wildman–Crippen MR) is 146 cm³/mol. The Kier molecular flexibility index (Phi) is 7.38. The number of hydrogen-bond donors (Lipinski definition) is 1. The number of fused-ring (bicyclic) bond motifs is 1. The van der Waals surface area contributed by atoms with Crippen LogP contribution in [0.5, 0.6) is 0 Å². The van der Waals surface area contributed by atoms with Crippen LogP contribution in [0.4, 0.5) is 15.8 Å². The van der Waals surface area contributed by atoms with Crippen LogP contribution in [0.15, 0.2) is 71.5 Å². The Morgan fingerprint density at radius 1 is 0.921 bits per heavy atom. The number of halogens is 3. The van der Waals surface area contributed by atoms with Gasteiger partial charge in [-0.2, -0.15) is 0 Å². The molecule has 1 fully saturated rings. The first kappa shape index (κ1) is 26.1. The standard InChI is InChI=1S/C27H22Cl2FN4O4/c28-21-10-7-18(15-22(21)29)26(35)32-13-11-31(12-14-32)24-20-3-1-2-4-23(20)33(27(36)25(24)34(37)38)16-17-5-8-19(30)9-6-17/h1-10,15,34H,11-14,16H2/q-1. The maximum Gasteiger partial charge on any atom is 0.315 e. The monoisotopic (exact) mass is 555 g/mol. The van der Waals surface area contributed by atoms with Crippen LogP contribution in [0.1, 0.15) is 15.9 Å². The fourth-order valence-electron chi connectivity index (χ4n) is 4.78. The lowest BCUT2D eigenvalue weighted by atomic mass is 10.1. The second-order valence-electron chi connectivity index (χ2n) is 8.95. The van der Waals surface area contributed by atoms with E-state index in [1.807, 2.05) is 0 Å². The van der Waals surface area contributed by atoms with Crippen molar-refractivity contribution in [3.05, 3.63) is 114 Å². The molecule has 5 rings (SSSR count). The number of pyridine rings is 1. The molecule has 1 saturated heterocycles. The minimum Gasteiger partial charge on any atom is -0.627 e. The normalized spacial score (nSPS) is 13.9. The average Bonchev–Trinajstić information content (AvgIpc) is 2.92. The molecule has 196 valence electrons. The van der Waals surface area contributed by atoms with E-state index < -0.39 is 22.3 Å². The number of benzene rings is 3. The van der Waals surface area contributed by atoms with Gasteiger partial charge in [0.05, 0.1) is 22.1 Å². The van der Waals surface area contributed by atoms with E-state index >= 15 is 0 Å². The summed E-state index contributed by atoms with van der Waals surface area (Å²) in [6, 6.07) is 17.4. The number of carbonyl (C=O) groups excluding carboxylic acids is 1. The Balaban J connectivity index is 1.49. The van der Waals surface area contributed by atoms with Gasteiger partial charge in [-0.25, -0.2) is 4.39 Å². The molecular weight excluding hydrogens is 534 g/mol. The summed E-state index contributed by atoms with van der Waals surface area (Å²) in [7, 11) is 0. The van der Waals surface area contributed by atoms with Gasteiger partial charge in [-0.1, -0.05) is 53.5 Å². The minimum atomic E-state index is -1.59. The molecule has 11 heteroatoms. The van der Waals surface area contributed by atoms with Crippen LogP contribution in [0, 0.1) is 16.2 Å². The van der Waals surface area contributed by atoms with Gasteiger partial charge in [0.2, 0.25) is 5.69 Å². The zero-order valence-corrected chi connectivity index (χ0v) is 21.5. The molecule has 38 heavy (non-hydrogen) atoms. The molecule has 0 spiro atoms. The van der Waals surface area contributed by atoms with Gasteiger partial charge in [-0.05, 0) is 42.0 Å². The fraction of sp³-hybridized carbons (Fsp3) is 0.185. The molecule has 0 radical (unpaired) electrons. The highest BCUT2D eigenvalue weighted by atomic mass is 35.5. The lowest BCUT2D eigenvalue weighted by Gasteiger charge is -2.39. The summed E-state index contributed by atoms with van der Waals surface area (Å²) in [6.07, 6.45) is 0. The molecule has 1 N–H and O–H groups in total. The van der Waals surface area contributed by atoms with Crippen LogP contribution in [-0.4, -0.2) is 41.6 Å². The third kappa shape index (κ3) is 4.99. The summed E-state index contributed by atoms with van der Waals surface area (Å²) in [5.74, 6) is -0.628. The number of quaternary nitrogens is 1. The summed E-state index contributed by atoms with van der Waals surface area (Å²) < 4.78 is 14.8. The third-order valence-electron chi connectivity index (χ3n) is 6.65. The van der Waals surface area contributed by atoms with Crippen molar-refractivity contribution in [3.8, 4) is 0 Å². The number of carbonyl (C=O) groups is 1. The number of anilines is 1.